The maximum Gasteiger partial charge on any atom is 0.144 e. The number of nitrogens with zero attached hydrogens (tertiary/aromatic N) is 1. The van der Waals surface area contributed by atoms with Crippen molar-refractivity contribution in [3.05, 3.63) is 33.3 Å². The van der Waals surface area contributed by atoms with Crippen molar-refractivity contribution in [1.29, 1.82) is 0 Å². The lowest BCUT2D eigenvalue weighted by Crippen LogP contribution is -2.26. The lowest BCUT2D eigenvalue weighted by atomic mass is 10.1. The Labute approximate surface area is 119 Å². The first kappa shape index (κ1) is 15.0. The average Bonchev–Trinajstić information content (AvgIpc) is 2.15. The zero-order valence-electron chi connectivity index (χ0n) is 10.3. The van der Waals surface area contributed by atoms with Crippen molar-refractivity contribution in [3.63, 3.8) is 0 Å². The molecule has 0 aliphatic rings. The number of rotatable bonds is 2. The van der Waals surface area contributed by atoms with Crippen LogP contribution in [0.3, 0.4) is 0 Å². The lowest BCUT2D eigenvalue weighted by molar-refractivity contribution is 0.561. The van der Waals surface area contributed by atoms with Gasteiger partial charge in [-0.05, 0) is 39.8 Å². The summed E-state index contributed by atoms with van der Waals surface area (Å²) in [5.74, 6) is 0. The fourth-order valence-corrected chi connectivity index (χ4v) is 2.52. The van der Waals surface area contributed by atoms with Crippen LogP contribution in [0.15, 0.2) is 27.1 Å². The maximum atomic E-state index is 11.9. The third kappa shape index (κ3) is 4.28. The number of halogens is 2. The monoisotopic (exact) mass is 335 g/mol. The fourth-order valence-electron chi connectivity index (χ4n) is 1.09. The van der Waals surface area contributed by atoms with Gasteiger partial charge in [-0.25, -0.2) is 0 Å². The van der Waals surface area contributed by atoms with Crippen molar-refractivity contribution in [2.75, 3.05) is 0 Å². The molecule has 94 valence electrons. The van der Waals surface area contributed by atoms with E-state index in [1.165, 1.54) is 0 Å². The summed E-state index contributed by atoms with van der Waals surface area (Å²) in [4.78, 5) is 0. The molecule has 1 atom stereocenters. The van der Waals surface area contributed by atoms with Gasteiger partial charge in [0.2, 0.25) is 0 Å². The number of hydrogen-bond acceptors (Lipinski definition) is 2. The normalized spacial score (nSPS) is 14.9. The van der Waals surface area contributed by atoms with E-state index in [0.29, 0.717) is 10.7 Å². The Balaban J connectivity index is 3.04. The average molecular weight is 337 g/mol. The summed E-state index contributed by atoms with van der Waals surface area (Å²) in [6.45, 7) is 7.49. The van der Waals surface area contributed by atoms with E-state index in [-0.39, 0.29) is 4.75 Å². The zero-order chi connectivity index (χ0) is 13.2. The van der Waals surface area contributed by atoms with E-state index < -0.39 is 11.4 Å². The van der Waals surface area contributed by atoms with E-state index in [2.05, 4.69) is 20.3 Å². The third-order valence-electron chi connectivity index (χ3n) is 2.06. The number of hydrogen-bond donors (Lipinski definition) is 0. The summed E-state index contributed by atoms with van der Waals surface area (Å²) in [6.07, 6.45) is 0. The summed E-state index contributed by atoms with van der Waals surface area (Å²) < 4.78 is 16.7. The highest BCUT2D eigenvalue weighted by Crippen LogP contribution is 2.24. The van der Waals surface area contributed by atoms with Gasteiger partial charge in [0.25, 0.3) is 0 Å². The van der Waals surface area contributed by atoms with Gasteiger partial charge in [-0.2, -0.15) is 0 Å². The van der Waals surface area contributed by atoms with Crippen LogP contribution in [0, 0.1) is 0 Å². The van der Waals surface area contributed by atoms with Gasteiger partial charge in [0.1, 0.15) is 16.1 Å². The van der Waals surface area contributed by atoms with Crippen LogP contribution < -0.4 is 0 Å². The fraction of sp³-hybridized carbons (Fsp3) is 0.417. The van der Waals surface area contributed by atoms with Gasteiger partial charge in [0.05, 0.1) is 10.7 Å². The van der Waals surface area contributed by atoms with Gasteiger partial charge in [0, 0.05) is 10.0 Å². The zero-order valence-corrected chi connectivity index (χ0v) is 13.4. The minimum atomic E-state index is -1.26. The molecule has 17 heavy (non-hydrogen) atoms. The second-order valence-corrected chi connectivity index (χ2v) is 7.89. The molecule has 0 aromatic heterocycles. The predicted octanol–water partition coefficient (Wildman–Crippen LogP) is 4.37. The van der Waals surface area contributed by atoms with Gasteiger partial charge in [-0.3, -0.25) is 0 Å². The first-order chi connectivity index (χ1) is 7.71. The molecule has 0 saturated heterocycles. The quantitative estimate of drug-likeness (QED) is 0.583. The molecule has 0 spiro atoms. The summed E-state index contributed by atoms with van der Waals surface area (Å²) in [5.41, 5.74) is 1.50. The lowest BCUT2D eigenvalue weighted by Gasteiger charge is -2.19. The highest BCUT2D eigenvalue weighted by atomic mass is 79.9. The molecule has 0 radical (unpaired) electrons. The SMILES string of the molecule is C/C(=N\[S+]([O-])C(C)(C)C)c1ccc(Br)cc1Cl. The van der Waals surface area contributed by atoms with Gasteiger partial charge in [0.15, 0.2) is 0 Å². The molecule has 1 rings (SSSR count). The molecule has 0 saturated carbocycles. The highest BCUT2D eigenvalue weighted by Gasteiger charge is 2.27. The van der Waals surface area contributed by atoms with Crippen molar-refractivity contribution >= 4 is 44.6 Å². The molecular formula is C12H15BrClNOS. The summed E-state index contributed by atoms with van der Waals surface area (Å²) in [6, 6.07) is 5.56. The first-order valence-electron chi connectivity index (χ1n) is 5.14. The van der Waals surface area contributed by atoms with Crippen molar-refractivity contribution in [1.82, 2.24) is 0 Å². The van der Waals surface area contributed by atoms with E-state index in [4.69, 9.17) is 11.6 Å². The summed E-state index contributed by atoms with van der Waals surface area (Å²) in [7, 11) is 0. The molecule has 5 heteroatoms. The minimum absolute atomic E-state index is 0.358. The van der Waals surface area contributed by atoms with Crippen LogP contribution in [0.4, 0.5) is 0 Å². The van der Waals surface area contributed by atoms with Crippen molar-refractivity contribution in [3.8, 4) is 0 Å². The molecular weight excluding hydrogens is 322 g/mol. The number of benzene rings is 1. The molecule has 0 aliphatic heterocycles. The molecule has 1 aromatic rings. The Kier molecular flexibility index (Phi) is 5.07. The van der Waals surface area contributed by atoms with Crippen LogP contribution in [0.2, 0.25) is 5.02 Å². The second kappa shape index (κ2) is 5.74. The Morgan fingerprint density at radius 3 is 2.47 bits per heavy atom. The smallest absolute Gasteiger partial charge is 0.144 e. The molecule has 1 aromatic carbocycles. The molecule has 0 heterocycles. The van der Waals surface area contributed by atoms with Gasteiger partial charge >= 0.3 is 0 Å². The Morgan fingerprint density at radius 2 is 2.00 bits per heavy atom. The largest absolute Gasteiger partial charge is 0.591 e. The maximum absolute atomic E-state index is 11.9. The van der Waals surface area contributed by atoms with Crippen LogP contribution in [-0.2, 0) is 11.4 Å². The Morgan fingerprint density at radius 1 is 1.41 bits per heavy atom. The second-order valence-electron chi connectivity index (χ2n) is 4.66. The molecule has 0 bridgehead atoms. The standard InChI is InChI=1S/C12H15BrClNOS/c1-8(15-17(16)12(2,3)4)10-6-5-9(13)7-11(10)14/h5-7H,1-4H3/b15-8+. The summed E-state index contributed by atoms with van der Waals surface area (Å²) >= 11 is 8.19. The molecule has 0 fully saturated rings. The topological polar surface area (TPSA) is 35.4 Å². The third-order valence-corrected chi connectivity index (χ3v) is 4.36. The van der Waals surface area contributed by atoms with Crippen LogP contribution in [-0.4, -0.2) is 15.0 Å². The van der Waals surface area contributed by atoms with Crippen molar-refractivity contribution < 1.29 is 4.55 Å². The van der Waals surface area contributed by atoms with Gasteiger partial charge in [-0.15, -0.1) is 0 Å². The van der Waals surface area contributed by atoms with Gasteiger partial charge in [-0.1, -0.05) is 38.0 Å². The Bertz CT molecular complexity index is 443. The van der Waals surface area contributed by atoms with E-state index in [0.717, 1.165) is 10.0 Å². The van der Waals surface area contributed by atoms with Crippen LogP contribution in [0.5, 0.6) is 0 Å². The van der Waals surface area contributed by atoms with E-state index in [1.807, 2.05) is 39.8 Å². The van der Waals surface area contributed by atoms with Gasteiger partial charge < -0.3 is 4.55 Å². The minimum Gasteiger partial charge on any atom is -0.591 e. The van der Waals surface area contributed by atoms with E-state index >= 15 is 0 Å². The Hall–Kier alpha value is -0.0300. The predicted molar refractivity (Wildman–Crippen MR) is 79.3 cm³/mol. The molecule has 1 unspecified atom stereocenters. The van der Waals surface area contributed by atoms with E-state index in [9.17, 15) is 4.55 Å². The molecule has 0 amide bonds. The van der Waals surface area contributed by atoms with Crippen LogP contribution in [0.1, 0.15) is 33.3 Å². The van der Waals surface area contributed by atoms with Crippen molar-refractivity contribution in [2.24, 2.45) is 4.40 Å². The van der Waals surface area contributed by atoms with E-state index in [1.54, 1.807) is 6.07 Å². The first-order valence-corrected chi connectivity index (χ1v) is 7.42. The molecule has 2 nitrogen and oxygen atoms in total. The van der Waals surface area contributed by atoms with Crippen LogP contribution in [0.25, 0.3) is 0 Å². The van der Waals surface area contributed by atoms with Crippen molar-refractivity contribution in [2.45, 2.75) is 32.4 Å². The van der Waals surface area contributed by atoms with Crippen LogP contribution >= 0.6 is 27.5 Å². The summed E-state index contributed by atoms with van der Waals surface area (Å²) in [5, 5.41) is 0.603. The highest BCUT2D eigenvalue weighted by molar-refractivity contribution is 9.10. The molecule has 0 N–H and O–H groups in total. The molecule has 0 aliphatic carbocycles.